The summed E-state index contributed by atoms with van der Waals surface area (Å²) in [5.74, 6) is 0.357. The first kappa shape index (κ1) is 12.8. The van der Waals surface area contributed by atoms with E-state index < -0.39 is 10.7 Å². The van der Waals surface area contributed by atoms with Crippen molar-refractivity contribution in [3.8, 4) is 0 Å². The molecular weight excluding hydrogens is 212 g/mol. The van der Waals surface area contributed by atoms with Gasteiger partial charge in [0.25, 0.3) is 0 Å². The van der Waals surface area contributed by atoms with Crippen molar-refractivity contribution >= 4 is 17.7 Å². The van der Waals surface area contributed by atoms with Gasteiger partial charge in [0, 0.05) is 6.61 Å². The van der Waals surface area contributed by atoms with E-state index >= 15 is 0 Å². The highest BCUT2D eigenvalue weighted by Crippen LogP contribution is 2.42. The lowest BCUT2D eigenvalue weighted by Gasteiger charge is -2.22. The third-order valence-electron chi connectivity index (χ3n) is 2.98. The minimum atomic E-state index is -0.632. The fourth-order valence-electron chi connectivity index (χ4n) is 2.05. The maximum atomic E-state index is 11.2. The molecule has 1 fully saturated rings. The van der Waals surface area contributed by atoms with Crippen LogP contribution in [0.1, 0.15) is 44.9 Å². The fraction of sp³-hybridized carbons (Fsp3) is 0.909. The van der Waals surface area contributed by atoms with Gasteiger partial charge in [0.15, 0.2) is 0 Å². The summed E-state index contributed by atoms with van der Waals surface area (Å²) in [6.45, 7) is 0.249. The number of hydrogen-bond donors (Lipinski definition) is 2. The Kier molecular flexibility index (Phi) is 5.47. The third-order valence-corrected chi connectivity index (χ3v) is 4.61. The average molecular weight is 232 g/mol. The summed E-state index contributed by atoms with van der Waals surface area (Å²) < 4.78 is -0.487. The second-order valence-electron chi connectivity index (χ2n) is 4.14. The zero-order valence-electron chi connectivity index (χ0n) is 9.07. The number of hydrogen-bond acceptors (Lipinski definition) is 3. The van der Waals surface area contributed by atoms with Crippen LogP contribution in [0.5, 0.6) is 0 Å². The number of carboxylic acid groups (broad SMARTS) is 1. The van der Waals surface area contributed by atoms with E-state index in [4.69, 9.17) is 5.11 Å². The van der Waals surface area contributed by atoms with Crippen LogP contribution in [0.2, 0.25) is 0 Å². The van der Waals surface area contributed by atoms with E-state index in [1.165, 1.54) is 0 Å². The Labute approximate surface area is 95.3 Å². The summed E-state index contributed by atoms with van der Waals surface area (Å²) in [5, 5.41) is 17.8. The summed E-state index contributed by atoms with van der Waals surface area (Å²) in [7, 11) is 0. The van der Waals surface area contributed by atoms with Crippen molar-refractivity contribution in [2.45, 2.75) is 49.7 Å². The van der Waals surface area contributed by atoms with Crippen LogP contribution in [0.3, 0.4) is 0 Å². The van der Waals surface area contributed by atoms with Crippen molar-refractivity contribution < 1.29 is 15.0 Å². The SMILES string of the molecule is O=C(O)C1(CCCCCCO)CCCS1. The Bertz CT molecular complexity index is 200. The number of carbonyl (C=O) groups is 1. The molecule has 3 nitrogen and oxygen atoms in total. The number of rotatable bonds is 7. The van der Waals surface area contributed by atoms with Gasteiger partial charge in [0.05, 0.1) is 0 Å². The topological polar surface area (TPSA) is 57.5 Å². The van der Waals surface area contributed by atoms with E-state index in [0.29, 0.717) is 0 Å². The molecule has 0 spiro atoms. The molecule has 0 aliphatic carbocycles. The van der Waals surface area contributed by atoms with Crippen LogP contribution in [0.25, 0.3) is 0 Å². The second-order valence-corrected chi connectivity index (χ2v) is 5.62. The van der Waals surface area contributed by atoms with E-state index in [1.807, 2.05) is 0 Å². The maximum absolute atomic E-state index is 11.2. The van der Waals surface area contributed by atoms with Gasteiger partial charge in [-0.3, -0.25) is 4.79 Å². The molecule has 88 valence electrons. The quantitative estimate of drug-likeness (QED) is 0.661. The van der Waals surface area contributed by atoms with Gasteiger partial charge >= 0.3 is 5.97 Å². The van der Waals surface area contributed by atoms with Gasteiger partial charge in [0.2, 0.25) is 0 Å². The minimum Gasteiger partial charge on any atom is -0.480 e. The molecule has 4 heteroatoms. The van der Waals surface area contributed by atoms with Crippen molar-refractivity contribution in [3.05, 3.63) is 0 Å². The molecule has 1 rings (SSSR count). The molecule has 1 atom stereocenters. The molecular formula is C11H20O3S. The number of thioether (sulfide) groups is 1. The van der Waals surface area contributed by atoms with Gasteiger partial charge < -0.3 is 10.2 Å². The van der Waals surface area contributed by atoms with Crippen molar-refractivity contribution in [2.24, 2.45) is 0 Å². The lowest BCUT2D eigenvalue weighted by Crippen LogP contribution is -2.32. The highest BCUT2D eigenvalue weighted by atomic mass is 32.2. The third kappa shape index (κ3) is 3.68. The Hall–Kier alpha value is -0.220. The minimum absolute atomic E-state index is 0.249. The number of aliphatic carboxylic acids is 1. The molecule has 0 amide bonds. The molecule has 1 aliphatic heterocycles. The molecule has 15 heavy (non-hydrogen) atoms. The molecule has 0 saturated carbocycles. The van der Waals surface area contributed by atoms with Crippen LogP contribution in [-0.4, -0.2) is 33.3 Å². The van der Waals surface area contributed by atoms with Crippen molar-refractivity contribution in [1.82, 2.24) is 0 Å². The first-order valence-electron chi connectivity index (χ1n) is 5.69. The molecule has 0 radical (unpaired) electrons. The normalized spacial score (nSPS) is 25.7. The molecule has 0 aromatic carbocycles. The number of aliphatic hydroxyl groups excluding tert-OH is 1. The first-order chi connectivity index (χ1) is 7.21. The summed E-state index contributed by atoms with van der Waals surface area (Å²) in [6, 6.07) is 0. The predicted octanol–water partition coefficient (Wildman–Crippen LogP) is 2.28. The van der Waals surface area contributed by atoms with Crippen LogP contribution < -0.4 is 0 Å². The van der Waals surface area contributed by atoms with Gasteiger partial charge in [-0.25, -0.2) is 0 Å². The van der Waals surface area contributed by atoms with E-state index in [0.717, 1.165) is 50.7 Å². The largest absolute Gasteiger partial charge is 0.480 e. The Balaban J connectivity index is 2.24. The van der Waals surface area contributed by atoms with Crippen LogP contribution >= 0.6 is 11.8 Å². The van der Waals surface area contributed by atoms with Crippen molar-refractivity contribution in [3.63, 3.8) is 0 Å². The maximum Gasteiger partial charge on any atom is 0.319 e. The molecule has 1 aliphatic rings. The fourth-order valence-corrected chi connectivity index (χ4v) is 3.43. The standard InChI is InChI=1S/C11H20O3S/c12-8-4-2-1-3-6-11(10(13)14)7-5-9-15-11/h12H,1-9H2,(H,13,14). The zero-order valence-corrected chi connectivity index (χ0v) is 9.89. The molecule has 1 saturated heterocycles. The van der Waals surface area contributed by atoms with E-state index in [1.54, 1.807) is 11.8 Å². The number of aliphatic hydroxyl groups is 1. The van der Waals surface area contributed by atoms with Crippen LogP contribution in [-0.2, 0) is 4.79 Å². The summed E-state index contributed by atoms with van der Waals surface area (Å²) in [4.78, 5) is 11.2. The van der Waals surface area contributed by atoms with E-state index in [2.05, 4.69) is 0 Å². The van der Waals surface area contributed by atoms with Gasteiger partial charge in [-0.15, -0.1) is 11.8 Å². The lowest BCUT2D eigenvalue weighted by molar-refractivity contribution is -0.140. The number of unbranched alkanes of at least 4 members (excludes halogenated alkanes) is 3. The van der Waals surface area contributed by atoms with E-state index in [-0.39, 0.29) is 6.61 Å². The molecule has 0 aromatic rings. The first-order valence-corrected chi connectivity index (χ1v) is 6.68. The molecule has 1 heterocycles. The molecule has 0 bridgehead atoms. The Morgan fingerprint density at radius 2 is 2.00 bits per heavy atom. The smallest absolute Gasteiger partial charge is 0.319 e. The van der Waals surface area contributed by atoms with Gasteiger partial charge in [0.1, 0.15) is 4.75 Å². The number of carboxylic acids is 1. The predicted molar refractivity (Wildman–Crippen MR) is 62.2 cm³/mol. The Morgan fingerprint density at radius 1 is 1.27 bits per heavy atom. The van der Waals surface area contributed by atoms with Crippen molar-refractivity contribution in [2.75, 3.05) is 12.4 Å². The highest BCUT2D eigenvalue weighted by molar-refractivity contribution is 8.01. The summed E-state index contributed by atoms with van der Waals surface area (Å²) in [5.41, 5.74) is 0. The molecule has 0 aromatic heterocycles. The molecule has 1 unspecified atom stereocenters. The van der Waals surface area contributed by atoms with Gasteiger partial charge in [-0.2, -0.15) is 0 Å². The average Bonchev–Trinajstić information content (AvgIpc) is 2.67. The van der Waals surface area contributed by atoms with Crippen molar-refractivity contribution in [1.29, 1.82) is 0 Å². The van der Waals surface area contributed by atoms with E-state index in [9.17, 15) is 9.90 Å². The summed E-state index contributed by atoms with van der Waals surface area (Å²) >= 11 is 1.61. The summed E-state index contributed by atoms with van der Waals surface area (Å²) in [6.07, 6.45) is 6.51. The lowest BCUT2D eigenvalue weighted by atomic mass is 9.95. The zero-order chi connectivity index (χ0) is 11.1. The van der Waals surface area contributed by atoms with Crippen LogP contribution in [0, 0.1) is 0 Å². The molecule has 2 N–H and O–H groups in total. The second kappa shape index (κ2) is 6.38. The Morgan fingerprint density at radius 3 is 2.53 bits per heavy atom. The van der Waals surface area contributed by atoms with Crippen LogP contribution in [0.4, 0.5) is 0 Å². The van der Waals surface area contributed by atoms with Crippen LogP contribution in [0.15, 0.2) is 0 Å². The van der Waals surface area contributed by atoms with Gasteiger partial charge in [-0.05, 0) is 31.4 Å². The highest BCUT2D eigenvalue weighted by Gasteiger charge is 2.41. The monoisotopic (exact) mass is 232 g/mol. The van der Waals surface area contributed by atoms with Gasteiger partial charge in [-0.1, -0.05) is 19.3 Å².